The average Bonchev–Trinajstić information content (AvgIpc) is 3.29. The van der Waals surface area contributed by atoms with Crippen molar-refractivity contribution in [2.24, 2.45) is 0 Å². The Balaban J connectivity index is 1.66. The number of thiol groups is 1. The van der Waals surface area contributed by atoms with Gasteiger partial charge in [-0.2, -0.15) is 10.4 Å². The van der Waals surface area contributed by atoms with Gasteiger partial charge in [-0.25, -0.2) is 9.36 Å². The van der Waals surface area contributed by atoms with Gasteiger partial charge < -0.3 is 0 Å². The van der Waals surface area contributed by atoms with Crippen LogP contribution in [0.25, 0.3) is 17.1 Å². The number of benzene rings is 2. The third kappa shape index (κ3) is 3.32. The summed E-state index contributed by atoms with van der Waals surface area (Å²) in [6.45, 7) is 2.52. The van der Waals surface area contributed by atoms with Crippen molar-refractivity contribution in [1.29, 1.82) is 5.26 Å². The predicted octanol–water partition coefficient (Wildman–Crippen LogP) is 3.04. The zero-order valence-electron chi connectivity index (χ0n) is 14.5. The van der Waals surface area contributed by atoms with Crippen molar-refractivity contribution in [2.75, 3.05) is 0 Å². The molecule has 2 aromatic carbocycles. The monoisotopic (exact) mass is 373 g/mol. The highest BCUT2D eigenvalue weighted by Crippen LogP contribution is 2.27. The second kappa shape index (κ2) is 7.05. The summed E-state index contributed by atoms with van der Waals surface area (Å²) < 4.78 is 3.44. The Labute approximate surface area is 161 Å². The lowest BCUT2D eigenvalue weighted by molar-refractivity contribution is 0.652. The van der Waals surface area contributed by atoms with Crippen LogP contribution in [-0.4, -0.2) is 30.0 Å². The molecule has 0 atom stereocenters. The average molecular weight is 373 g/mol. The molecule has 0 spiro atoms. The summed E-state index contributed by atoms with van der Waals surface area (Å²) in [4.78, 5) is 0. The zero-order chi connectivity index (χ0) is 18.8. The van der Waals surface area contributed by atoms with Crippen molar-refractivity contribution in [2.45, 2.75) is 18.5 Å². The lowest BCUT2D eigenvalue weighted by Crippen LogP contribution is -2.04. The fourth-order valence-electron chi connectivity index (χ4n) is 2.74. The maximum atomic E-state index is 8.91. The smallest absolute Gasteiger partial charge is 0.186 e. The van der Waals surface area contributed by atoms with Crippen LogP contribution in [0.1, 0.15) is 16.7 Å². The Morgan fingerprint density at radius 1 is 1.07 bits per heavy atom. The van der Waals surface area contributed by atoms with Crippen LogP contribution in [0.15, 0.2) is 59.8 Å². The second-order valence-corrected chi connectivity index (χ2v) is 6.52. The van der Waals surface area contributed by atoms with Crippen molar-refractivity contribution in [3.05, 3.63) is 71.4 Å². The maximum absolute atomic E-state index is 8.91. The van der Waals surface area contributed by atoms with Gasteiger partial charge in [0, 0.05) is 0 Å². The van der Waals surface area contributed by atoms with E-state index in [2.05, 4.69) is 39.3 Å². The Kier molecular flexibility index (Phi) is 4.44. The van der Waals surface area contributed by atoms with Gasteiger partial charge in [0.15, 0.2) is 5.82 Å². The van der Waals surface area contributed by atoms with Gasteiger partial charge in [0.05, 0.1) is 35.6 Å². The van der Waals surface area contributed by atoms with Gasteiger partial charge in [0.1, 0.15) is 5.03 Å². The summed E-state index contributed by atoms with van der Waals surface area (Å²) in [7, 11) is 0. The van der Waals surface area contributed by atoms with Crippen LogP contribution >= 0.6 is 12.6 Å². The molecular formula is C19H15N7S. The Morgan fingerprint density at radius 2 is 1.81 bits per heavy atom. The summed E-state index contributed by atoms with van der Waals surface area (Å²) in [5, 5.41) is 26.0. The van der Waals surface area contributed by atoms with Crippen molar-refractivity contribution in [1.82, 2.24) is 30.0 Å². The van der Waals surface area contributed by atoms with Crippen LogP contribution in [0.5, 0.6) is 0 Å². The maximum Gasteiger partial charge on any atom is 0.186 e. The van der Waals surface area contributed by atoms with Gasteiger partial charge in [-0.1, -0.05) is 29.8 Å². The quantitative estimate of drug-likeness (QED) is 0.556. The molecule has 0 aliphatic heterocycles. The zero-order valence-corrected chi connectivity index (χ0v) is 15.4. The highest BCUT2D eigenvalue weighted by atomic mass is 32.1. The first-order valence-electron chi connectivity index (χ1n) is 8.25. The van der Waals surface area contributed by atoms with E-state index in [0.717, 1.165) is 16.8 Å². The van der Waals surface area contributed by atoms with Crippen LogP contribution in [0.4, 0.5) is 0 Å². The minimum atomic E-state index is 0.483. The highest BCUT2D eigenvalue weighted by molar-refractivity contribution is 7.80. The van der Waals surface area contributed by atoms with Crippen LogP contribution in [-0.2, 0) is 6.54 Å². The van der Waals surface area contributed by atoms with Gasteiger partial charge in [-0.15, -0.1) is 17.7 Å². The molecule has 0 saturated carbocycles. The van der Waals surface area contributed by atoms with Gasteiger partial charge in [0.2, 0.25) is 0 Å². The standard InChI is InChI=1S/C19H15N7S/c1-13-2-8-16(9-3-13)26-19(27)17(11-21-26)18-22-23-24-25(18)12-15-6-4-14(10-20)5-7-15/h2-9,11,27H,12H2,1H3. The fourth-order valence-corrected chi connectivity index (χ4v) is 3.06. The number of nitrogens with zero attached hydrogens (tertiary/aromatic N) is 7. The predicted molar refractivity (Wildman–Crippen MR) is 103 cm³/mol. The summed E-state index contributed by atoms with van der Waals surface area (Å²) in [5.74, 6) is 0.586. The molecule has 7 nitrogen and oxygen atoms in total. The summed E-state index contributed by atoms with van der Waals surface area (Å²) in [6.07, 6.45) is 1.71. The summed E-state index contributed by atoms with van der Waals surface area (Å²) in [6, 6.07) is 17.5. The third-order valence-electron chi connectivity index (χ3n) is 4.21. The molecule has 0 fully saturated rings. The minimum Gasteiger partial charge on any atom is -0.227 e. The molecule has 0 N–H and O–H groups in total. The summed E-state index contributed by atoms with van der Waals surface area (Å²) >= 11 is 4.64. The molecule has 0 unspecified atom stereocenters. The normalized spacial score (nSPS) is 10.7. The van der Waals surface area contributed by atoms with E-state index in [1.165, 1.54) is 5.56 Å². The van der Waals surface area contributed by atoms with E-state index in [1.54, 1.807) is 27.7 Å². The topological polar surface area (TPSA) is 85.2 Å². The van der Waals surface area contributed by atoms with E-state index in [0.29, 0.717) is 23.0 Å². The molecule has 4 rings (SSSR count). The summed E-state index contributed by atoms with van der Waals surface area (Å²) in [5.41, 5.74) is 4.46. The van der Waals surface area contributed by atoms with E-state index >= 15 is 0 Å². The van der Waals surface area contributed by atoms with Crippen LogP contribution in [0.2, 0.25) is 0 Å². The molecule has 0 bridgehead atoms. The molecule has 0 aliphatic rings. The first-order chi connectivity index (χ1) is 13.2. The molecule has 2 heterocycles. The molecule has 2 aromatic heterocycles. The Hall–Kier alpha value is -3.44. The Bertz CT molecular complexity index is 1120. The number of rotatable bonds is 4. The molecule has 0 saturated heterocycles. The van der Waals surface area contributed by atoms with Crippen molar-refractivity contribution in [3.63, 3.8) is 0 Å². The van der Waals surface area contributed by atoms with Crippen molar-refractivity contribution < 1.29 is 0 Å². The number of aryl methyl sites for hydroxylation is 1. The van der Waals surface area contributed by atoms with Crippen molar-refractivity contribution in [3.8, 4) is 23.1 Å². The van der Waals surface area contributed by atoms with Crippen molar-refractivity contribution >= 4 is 12.6 Å². The van der Waals surface area contributed by atoms with E-state index in [1.807, 2.05) is 43.3 Å². The Morgan fingerprint density at radius 3 is 2.52 bits per heavy atom. The van der Waals surface area contributed by atoms with E-state index in [4.69, 9.17) is 5.26 Å². The molecule has 4 aromatic rings. The second-order valence-electron chi connectivity index (χ2n) is 6.10. The lowest BCUT2D eigenvalue weighted by atomic mass is 10.1. The first-order valence-corrected chi connectivity index (χ1v) is 8.70. The number of aromatic nitrogens is 6. The minimum absolute atomic E-state index is 0.483. The van der Waals surface area contributed by atoms with Crippen LogP contribution < -0.4 is 0 Å². The SMILES string of the molecule is Cc1ccc(-n2ncc(-c3nnnn3Cc3ccc(C#N)cc3)c2S)cc1. The third-order valence-corrected chi connectivity index (χ3v) is 4.64. The van der Waals surface area contributed by atoms with Gasteiger partial charge in [-0.3, -0.25) is 0 Å². The van der Waals surface area contributed by atoms with Gasteiger partial charge >= 0.3 is 0 Å². The largest absolute Gasteiger partial charge is 0.227 e. The van der Waals surface area contributed by atoms with Gasteiger partial charge in [-0.05, 0) is 47.2 Å². The highest BCUT2D eigenvalue weighted by Gasteiger charge is 2.17. The lowest BCUT2D eigenvalue weighted by Gasteiger charge is -2.06. The van der Waals surface area contributed by atoms with Crippen LogP contribution in [0.3, 0.4) is 0 Å². The molecule has 132 valence electrons. The van der Waals surface area contributed by atoms with E-state index < -0.39 is 0 Å². The van der Waals surface area contributed by atoms with Crippen LogP contribution in [0, 0.1) is 18.3 Å². The number of nitriles is 1. The van der Waals surface area contributed by atoms with E-state index in [-0.39, 0.29) is 0 Å². The molecule has 8 heteroatoms. The molecule has 0 radical (unpaired) electrons. The van der Waals surface area contributed by atoms with Gasteiger partial charge in [0.25, 0.3) is 0 Å². The first kappa shape index (κ1) is 17.0. The number of tetrazole rings is 1. The molecule has 27 heavy (non-hydrogen) atoms. The molecule has 0 aliphatic carbocycles. The fraction of sp³-hybridized carbons (Fsp3) is 0.105. The van der Waals surface area contributed by atoms with E-state index in [9.17, 15) is 0 Å². The number of hydrogen-bond acceptors (Lipinski definition) is 6. The molecule has 0 amide bonds. The number of hydrogen-bond donors (Lipinski definition) is 1. The molecular weight excluding hydrogens is 358 g/mol.